The van der Waals surface area contributed by atoms with Crippen LogP contribution in [0.15, 0.2) is 28.1 Å². The van der Waals surface area contributed by atoms with Gasteiger partial charge in [0.05, 0.1) is 5.56 Å². The van der Waals surface area contributed by atoms with E-state index in [9.17, 15) is 0 Å². The maximum absolute atomic E-state index is 5.90. The van der Waals surface area contributed by atoms with Crippen LogP contribution in [-0.2, 0) is 0 Å². The third-order valence-corrected chi connectivity index (χ3v) is 3.54. The zero-order valence-electron chi connectivity index (χ0n) is 10.5. The fraction of sp³-hybridized carbons (Fsp3) is 0.154. The Labute approximate surface area is 114 Å². The number of hydrogen-bond donors (Lipinski definition) is 1. The monoisotopic (exact) mass is 272 g/mol. The molecular weight excluding hydrogens is 260 g/mol. The predicted molar refractivity (Wildman–Crippen MR) is 74.7 cm³/mol. The van der Waals surface area contributed by atoms with Crippen LogP contribution in [0.3, 0.4) is 0 Å². The molecule has 0 aliphatic heterocycles. The average molecular weight is 272 g/mol. The Morgan fingerprint density at radius 1 is 1.21 bits per heavy atom. The zero-order valence-corrected chi connectivity index (χ0v) is 11.4. The minimum atomic E-state index is 0.448. The second kappa shape index (κ2) is 4.47. The van der Waals surface area contributed by atoms with E-state index in [1.165, 1.54) is 11.3 Å². The summed E-state index contributed by atoms with van der Waals surface area (Å²) in [5.41, 5.74) is 7.45. The van der Waals surface area contributed by atoms with Crippen LogP contribution < -0.4 is 5.73 Å². The standard InChI is InChI=1S/C13H12N4OS/c1-7-3-4-11(18-7)10-6-19-13(17-10)9-5-15-8(2)16-12(9)14/h3-6H,1-2H3,(H2,14,15,16). The van der Waals surface area contributed by atoms with Gasteiger partial charge in [0.15, 0.2) is 5.76 Å². The molecule has 6 heteroatoms. The number of aryl methyl sites for hydroxylation is 2. The Balaban J connectivity index is 2.01. The Morgan fingerprint density at radius 2 is 2.05 bits per heavy atom. The molecule has 0 amide bonds. The van der Waals surface area contributed by atoms with Crippen molar-refractivity contribution >= 4 is 17.2 Å². The van der Waals surface area contributed by atoms with E-state index in [1.807, 2.05) is 24.4 Å². The molecule has 0 spiro atoms. The predicted octanol–water partition coefficient (Wildman–Crippen LogP) is 3.06. The van der Waals surface area contributed by atoms with E-state index in [-0.39, 0.29) is 0 Å². The molecule has 0 aromatic carbocycles. The molecule has 96 valence electrons. The number of nitrogens with two attached hydrogens (primary N) is 1. The lowest BCUT2D eigenvalue weighted by Gasteiger charge is -2.00. The molecule has 3 aromatic rings. The molecule has 5 nitrogen and oxygen atoms in total. The molecule has 0 bridgehead atoms. The quantitative estimate of drug-likeness (QED) is 0.775. The normalized spacial score (nSPS) is 10.8. The summed E-state index contributed by atoms with van der Waals surface area (Å²) in [6.07, 6.45) is 1.70. The summed E-state index contributed by atoms with van der Waals surface area (Å²) in [5, 5.41) is 2.73. The molecule has 0 saturated heterocycles. The van der Waals surface area contributed by atoms with Crippen molar-refractivity contribution in [2.45, 2.75) is 13.8 Å². The van der Waals surface area contributed by atoms with Crippen molar-refractivity contribution in [1.82, 2.24) is 15.0 Å². The van der Waals surface area contributed by atoms with Crippen LogP contribution in [0.2, 0.25) is 0 Å². The van der Waals surface area contributed by atoms with E-state index in [1.54, 1.807) is 13.1 Å². The Hall–Kier alpha value is -2.21. The first-order chi connectivity index (χ1) is 9.13. The van der Waals surface area contributed by atoms with E-state index < -0.39 is 0 Å². The minimum Gasteiger partial charge on any atom is -0.460 e. The third kappa shape index (κ3) is 2.22. The van der Waals surface area contributed by atoms with Crippen LogP contribution in [0.1, 0.15) is 11.6 Å². The van der Waals surface area contributed by atoms with Gasteiger partial charge in [-0.05, 0) is 26.0 Å². The van der Waals surface area contributed by atoms with Crippen LogP contribution >= 0.6 is 11.3 Å². The molecule has 0 fully saturated rings. The molecule has 2 N–H and O–H groups in total. The molecule has 0 unspecified atom stereocenters. The first kappa shape index (κ1) is 11.9. The maximum atomic E-state index is 5.90. The second-order valence-corrected chi connectivity index (χ2v) is 5.02. The van der Waals surface area contributed by atoms with Gasteiger partial charge in [-0.15, -0.1) is 11.3 Å². The lowest BCUT2D eigenvalue weighted by atomic mass is 10.3. The van der Waals surface area contributed by atoms with Crippen molar-refractivity contribution in [3.8, 4) is 22.0 Å². The minimum absolute atomic E-state index is 0.448. The molecule has 0 aliphatic carbocycles. The summed E-state index contributed by atoms with van der Waals surface area (Å²) in [5.74, 6) is 2.72. The highest BCUT2D eigenvalue weighted by molar-refractivity contribution is 7.13. The van der Waals surface area contributed by atoms with Crippen molar-refractivity contribution < 1.29 is 4.42 Å². The highest BCUT2D eigenvalue weighted by Gasteiger charge is 2.12. The smallest absolute Gasteiger partial charge is 0.153 e. The van der Waals surface area contributed by atoms with Gasteiger partial charge >= 0.3 is 0 Å². The van der Waals surface area contributed by atoms with Crippen LogP contribution in [0.5, 0.6) is 0 Å². The molecular formula is C13H12N4OS. The second-order valence-electron chi connectivity index (χ2n) is 4.16. The number of aromatic nitrogens is 3. The largest absolute Gasteiger partial charge is 0.460 e. The summed E-state index contributed by atoms with van der Waals surface area (Å²) in [6, 6.07) is 3.82. The van der Waals surface area contributed by atoms with E-state index in [2.05, 4.69) is 15.0 Å². The van der Waals surface area contributed by atoms with Crippen LogP contribution in [-0.4, -0.2) is 15.0 Å². The molecule has 0 radical (unpaired) electrons. The van der Waals surface area contributed by atoms with Gasteiger partial charge in [-0.2, -0.15) is 0 Å². The number of nitrogen functional groups attached to an aromatic ring is 1. The van der Waals surface area contributed by atoms with Gasteiger partial charge in [-0.1, -0.05) is 0 Å². The first-order valence-electron chi connectivity index (χ1n) is 5.75. The number of nitrogens with zero attached hydrogens (tertiary/aromatic N) is 3. The highest BCUT2D eigenvalue weighted by atomic mass is 32.1. The van der Waals surface area contributed by atoms with Gasteiger partial charge in [-0.3, -0.25) is 0 Å². The Bertz CT molecular complexity index is 732. The molecule has 3 aromatic heterocycles. The van der Waals surface area contributed by atoms with Gasteiger partial charge in [0.25, 0.3) is 0 Å². The Morgan fingerprint density at radius 3 is 2.74 bits per heavy atom. The van der Waals surface area contributed by atoms with Gasteiger partial charge < -0.3 is 10.2 Å². The molecule has 3 rings (SSSR count). The number of thiazole rings is 1. The summed E-state index contributed by atoms with van der Waals surface area (Å²) in [6.45, 7) is 3.71. The lowest BCUT2D eigenvalue weighted by molar-refractivity contribution is 0.547. The molecule has 0 saturated carbocycles. The van der Waals surface area contributed by atoms with Crippen LogP contribution in [0.25, 0.3) is 22.0 Å². The number of hydrogen-bond acceptors (Lipinski definition) is 6. The van der Waals surface area contributed by atoms with Crippen molar-refractivity contribution in [2.24, 2.45) is 0 Å². The molecule has 0 aliphatic rings. The summed E-state index contributed by atoms with van der Waals surface area (Å²) in [7, 11) is 0. The fourth-order valence-electron chi connectivity index (χ4n) is 1.74. The highest BCUT2D eigenvalue weighted by Crippen LogP contribution is 2.31. The van der Waals surface area contributed by atoms with Gasteiger partial charge in [0.2, 0.25) is 0 Å². The number of furan rings is 1. The van der Waals surface area contributed by atoms with Gasteiger partial charge in [0.1, 0.15) is 28.1 Å². The zero-order chi connectivity index (χ0) is 13.4. The SMILES string of the molecule is Cc1ncc(-c2nc(-c3ccc(C)o3)cs2)c(N)n1. The van der Waals surface area contributed by atoms with E-state index in [0.717, 1.165) is 27.8 Å². The van der Waals surface area contributed by atoms with Crippen molar-refractivity contribution in [3.05, 3.63) is 35.3 Å². The third-order valence-electron chi connectivity index (χ3n) is 2.67. The number of rotatable bonds is 2. The van der Waals surface area contributed by atoms with E-state index in [0.29, 0.717) is 11.6 Å². The Kier molecular flexibility index (Phi) is 2.79. The first-order valence-corrected chi connectivity index (χ1v) is 6.63. The maximum Gasteiger partial charge on any atom is 0.153 e. The molecule has 3 heterocycles. The topological polar surface area (TPSA) is 77.8 Å². The van der Waals surface area contributed by atoms with Crippen molar-refractivity contribution in [2.75, 3.05) is 5.73 Å². The average Bonchev–Trinajstić information content (AvgIpc) is 2.97. The van der Waals surface area contributed by atoms with Crippen molar-refractivity contribution in [1.29, 1.82) is 0 Å². The summed E-state index contributed by atoms with van der Waals surface area (Å²) >= 11 is 1.50. The summed E-state index contributed by atoms with van der Waals surface area (Å²) in [4.78, 5) is 12.8. The van der Waals surface area contributed by atoms with Crippen LogP contribution in [0.4, 0.5) is 5.82 Å². The lowest BCUT2D eigenvalue weighted by Crippen LogP contribution is -1.97. The van der Waals surface area contributed by atoms with E-state index in [4.69, 9.17) is 10.2 Å². The summed E-state index contributed by atoms with van der Waals surface area (Å²) < 4.78 is 5.55. The molecule has 19 heavy (non-hydrogen) atoms. The van der Waals surface area contributed by atoms with Gasteiger partial charge in [-0.25, -0.2) is 15.0 Å². The fourth-order valence-corrected chi connectivity index (χ4v) is 2.56. The van der Waals surface area contributed by atoms with E-state index >= 15 is 0 Å². The van der Waals surface area contributed by atoms with Crippen molar-refractivity contribution in [3.63, 3.8) is 0 Å². The van der Waals surface area contributed by atoms with Crippen LogP contribution in [0, 0.1) is 13.8 Å². The molecule has 0 atom stereocenters. The van der Waals surface area contributed by atoms with Gasteiger partial charge in [0, 0.05) is 11.6 Å². The number of anilines is 1.